The van der Waals surface area contributed by atoms with Gasteiger partial charge in [0.15, 0.2) is 0 Å². The van der Waals surface area contributed by atoms with Crippen LogP contribution in [0.3, 0.4) is 0 Å². The Morgan fingerprint density at radius 1 is 0.875 bits per heavy atom. The average Bonchev–Trinajstić information content (AvgIpc) is 2.92. The lowest BCUT2D eigenvalue weighted by Gasteiger charge is -2.44. The van der Waals surface area contributed by atoms with E-state index in [2.05, 4.69) is 14.1 Å². The summed E-state index contributed by atoms with van der Waals surface area (Å²) in [5, 5.41) is 0. The van der Waals surface area contributed by atoms with Crippen molar-refractivity contribution in [2.45, 2.75) is 63.4 Å². The SMILES string of the molecule is CC.C[N+]1(C)C2CC[C@@H]1CC(OC(=O)C(F)(c1ccc(F)cc1)c1ccc(F)cc1)C2.[Br-]. The molecule has 2 unspecified atom stereocenters. The topological polar surface area (TPSA) is 26.3 Å². The van der Waals surface area contributed by atoms with E-state index < -0.39 is 23.3 Å². The van der Waals surface area contributed by atoms with Gasteiger partial charge in [-0.15, -0.1) is 0 Å². The fourth-order valence-corrected chi connectivity index (χ4v) is 4.92. The number of alkyl halides is 1. The van der Waals surface area contributed by atoms with Crippen molar-refractivity contribution in [2.75, 3.05) is 14.1 Å². The first kappa shape index (κ1) is 26.4. The van der Waals surface area contributed by atoms with E-state index >= 15 is 4.39 Å². The average molecular weight is 514 g/mol. The van der Waals surface area contributed by atoms with Crippen molar-refractivity contribution in [3.8, 4) is 0 Å². The molecule has 2 saturated heterocycles. The van der Waals surface area contributed by atoms with E-state index in [4.69, 9.17) is 4.74 Å². The maximum atomic E-state index is 16.3. The number of halogens is 4. The van der Waals surface area contributed by atoms with Crippen LogP contribution in [-0.2, 0) is 15.2 Å². The summed E-state index contributed by atoms with van der Waals surface area (Å²) in [6, 6.07) is 10.1. The second kappa shape index (κ2) is 10.4. The standard InChI is InChI=1S/C23H25F3NO2.C2H6.BrH/c1-27(2)19-11-12-20(27)14-21(13-19)29-22(28)23(26,15-3-7-17(24)8-4-15)16-5-9-18(25)10-6-16;1-2;/h3-10,19-21H,11-14H2,1-2H3;1-2H3;1H/q+1;;/p-1/t19-,20?,21?;;/m1../s1. The van der Waals surface area contributed by atoms with Crippen LogP contribution in [0.5, 0.6) is 0 Å². The molecule has 32 heavy (non-hydrogen) atoms. The molecule has 2 aliphatic rings. The number of hydrogen-bond donors (Lipinski definition) is 0. The number of fused-ring (bicyclic) bond motifs is 2. The van der Waals surface area contributed by atoms with Crippen LogP contribution in [0.2, 0.25) is 0 Å². The number of quaternary nitrogens is 1. The van der Waals surface area contributed by atoms with E-state index in [9.17, 15) is 13.6 Å². The van der Waals surface area contributed by atoms with Crippen molar-refractivity contribution in [1.82, 2.24) is 0 Å². The maximum Gasteiger partial charge on any atom is 0.353 e. The molecule has 0 aliphatic carbocycles. The summed E-state index contributed by atoms with van der Waals surface area (Å²) >= 11 is 0. The fourth-order valence-electron chi connectivity index (χ4n) is 4.92. The Balaban J connectivity index is 0.00000118. The van der Waals surface area contributed by atoms with Gasteiger partial charge in [-0.1, -0.05) is 38.1 Å². The maximum absolute atomic E-state index is 16.3. The lowest BCUT2D eigenvalue weighted by Crippen LogP contribution is -3.00. The summed E-state index contributed by atoms with van der Waals surface area (Å²) in [4.78, 5) is 13.1. The predicted molar refractivity (Wildman–Crippen MR) is 114 cm³/mol. The van der Waals surface area contributed by atoms with Crippen LogP contribution >= 0.6 is 0 Å². The zero-order chi connectivity index (χ0) is 22.8. The smallest absolute Gasteiger partial charge is 0.353 e. The van der Waals surface area contributed by atoms with Gasteiger partial charge in [-0.05, 0) is 24.3 Å². The third-order valence-electron chi connectivity index (χ3n) is 6.82. The van der Waals surface area contributed by atoms with Crippen molar-refractivity contribution in [3.05, 3.63) is 71.3 Å². The molecule has 176 valence electrons. The minimum Gasteiger partial charge on any atom is -1.00 e. The first-order chi connectivity index (χ1) is 14.7. The summed E-state index contributed by atoms with van der Waals surface area (Å²) in [5.41, 5.74) is -2.71. The second-order valence-electron chi connectivity index (χ2n) is 8.69. The highest BCUT2D eigenvalue weighted by molar-refractivity contribution is 5.85. The first-order valence-electron chi connectivity index (χ1n) is 11.0. The Kier molecular flexibility index (Phi) is 8.56. The molecule has 3 atom stereocenters. The number of carbonyl (C=O) groups is 1. The molecule has 2 bridgehead atoms. The molecule has 4 rings (SSSR count). The van der Waals surface area contributed by atoms with Gasteiger partial charge in [-0.25, -0.2) is 18.0 Å². The monoisotopic (exact) mass is 513 g/mol. The van der Waals surface area contributed by atoms with E-state index in [1.54, 1.807) is 0 Å². The lowest BCUT2D eigenvalue weighted by atomic mass is 9.87. The van der Waals surface area contributed by atoms with Crippen LogP contribution in [0.4, 0.5) is 13.2 Å². The molecule has 0 aromatic heterocycles. The summed E-state index contributed by atoms with van der Waals surface area (Å²) < 4.78 is 49.7. The van der Waals surface area contributed by atoms with Crippen molar-refractivity contribution >= 4 is 5.97 Å². The molecule has 2 aliphatic heterocycles. The number of hydrogen-bond acceptors (Lipinski definition) is 2. The van der Waals surface area contributed by atoms with Gasteiger partial charge < -0.3 is 26.2 Å². The van der Waals surface area contributed by atoms with Gasteiger partial charge in [-0.3, -0.25) is 0 Å². The van der Waals surface area contributed by atoms with Crippen LogP contribution in [0.25, 0.3) is 0 Å². The zero-order valence-electron chi connectivity index (χ0n) is 19.0. The van der Waals surface area contributed by atoms with Crippen LogP contribution in [0.15, 0.2) is 48.5 Å². The number of piperidine rings is 1. The molecule has 0 saturated carbocycles. The fraction of sp³-hybridized carbons (Fsp3) is 0.480. The zero-order valence-corrected chi connectivity index (χ0v) is 20.5. The normalized spacial score (nSPS) is 23.4. The van der Waals surface area contributed by atoms with Crippen LogP contribution in [0.1, 0.15) is 50.7 Å². The highest BCUT2D eigenvalue weighted by Crippen LogP contribution is 2.42. The molecule has 0 radical (unpaired) electrons. The summed E-state index contributed by atoms with van der Waals surface area (Å²) in [7, 11) is 4.38. The number of ether oxygens (including phenoxy) is 1. The molecule has 7 heteroatoms. The van der Waals surface area contributed by atoms with E-state index in [0.717, 1.165) is 41.6 Å². The Bertz CT molecular complexity index is 841. The summed E-state index contributed by atoms with van der Waals surface area (Å²) in [6.07, 6.45) is 3.17. The minimum atomic E-state index is -2.64. The van der Waals surface area contributed by atoms with Gasteiger partial charge in [0.1, 0.15) is 17.7 Å². The van der Waals surface area contributed by atoms with Crippen molar-refractivity contribution < 1.29 is 44.2 Å². The highest BCUT2D eigenvalue weighted by Gasteiger charge is 2.52. The molecule has 2 aromatic rings. The van der Waals surface area contributed by atoms with Gasteiger partial charge in [0, 0.05) is 36.8 Å². The third-order valence-corrected chi connectivity index (χ3v) is 6.82. The highest BCUT2D eigenvalue weighted by atomic mass is 79.9. The molecular weight excluding hydrogens is 483 g/mol. The molecule has 0 N–H and O–H groups in total. The molecule has 2 heterocycles. The van der Waals surface area contributed by atoms with Gasteiger partial charge in [0.05, 0.1) is 26.2 Å². The molecule has 2 fully saturated rings. The number of esters is 1. The number of rotatable bonds is 4. The number of carbonyl (C=O) groups excluding carboxylic acids is 1. The molecule has 2 aromatic carbocycles. The van der Waals surface area contributed by atoms with Gasteiger partial charge in [0.2, 0.25) is 0 Å². The summed E-state index contributed by atoms with van der Waals surface area (Å²) in [5.74, 6) is -2.10. The largest absolute Gasteiger partial charge is 1.00 e. The van der Waals surface area contributed by atoms with Gasteiger partial charge >= 0.3 is 5.97 Å². The van der Waals surface area contributed by atoms with Crippen LogP contribution < -0.4 is 17.0 Å². The Morgan fingerprint density at radius 3 is 1.62 bits per heavy atom. The van der Waals surface area contributed by atoms with E-state index in [-0.39, 0.29) is 34.2 Å². The molecule has 3 nitrogen and oxygen atoms in total. The third kappa shape index (κ3) is 4.88. The number of benzene rings is 2. The molecule has 0 spiro atoms. The Hall–Kier alpha value is -1.86. The van der Waals surface area contributed by atoms with Gasteiger partial charge in [0.25, 0.3) is 5.67 Å². The van der Waals surface area contributed by atoms with Crippen molar-refractivity contribution in [2.24, 2.45) is 0 Å². The van der Waals surface area contributed by atoms with E-state index in [1.165, 1.54) is 24.3 Å². The second-order valence-corrected chi connectivity index (χ2v) is 8.69. The first-order valence-corrected chi connectivity index (χ1v) is 11.0. The Labute approximate surface area is 198 Å². The minimum absolute atomic E-state index is 0. The number of nitrogens with zero attached hydrogens (tertiary/aromatic N) is 1. The molecular formula is C25H31BrF3NO2. The quantitative estimate of drug-likeness (QED) is 0.463. The van der Waals surface area contributed by atoms with Crippen molar-refractivity contribution in [3.63, 3.8) is 0 Å². The van der Waals surface area contributed by atoms with Crippen molar-refractivity contribution in [1.29, 1.82) is 0 Å². The van der Waals surface area contributed by atoms with Gasteiger partial charge in [-0.2, -0.15) is 0 Å². The molecule has 0 amide bonds. The van der Waals surface area contributed by atoms with E-state index in [0.29, 0.717) is 24.9 Å². The Morgan fingerprint density at radius 2 is 1.25 bits per heavy atom. The van der Waals surface area contributed by atoms with Crippen LogP contribution in [-0.4, -0.2) is 42.7 Å². The summed E-state index contributed by atoms with van der Waals surface area (Å²) in [6.45, 7) is 4.00. The lowest BCUT2D eigenvalue weighted by molar-refractivity contribution is -0.931. The predicted octanol–water partition coefficient (Wildman–Crippen LogP) is 2.52. The van der Waals surface area contributed by atoms with E-state index in [1.807, 2.05) is 13.8 Å². The van der Waals surface area contributed by atoms with Crippen LogP contribution in [0, 0.1) is 11.6 Å².